The van der Waals surface area contributed by atoms with Crippen LogP contribution in [0.15, 0.2) is 29.3 Å². The number of aliphatic imine (C=N–C) groups is 1. The molecule has 8 heteroatoms. The molecule has 27 heavy (non-hydrogen) atoms. The van der Waals surface area contributed by atoms with E-state index < -0.39 is 23.8 Å². The van der Waals surface area contributed by atoms with Gasteiger partial charge in [-0.25, -0.2) is 9.69 Å². The summed E-state index contributed by atoms with van der Waals surface area (Å²) >= 11 is 0. The third-order valence-electron chi connectivity index (χ3n) is 4.58. The van der Waals surface area contributed by atoms with Crippen LogP contribution in [-0.4, -0.2) is 61.7 Å². The highest BCUT2D eigenvalue weighted by atomic mass is 16.5. The molecule has 0 saturated carbocycles. The monoisotopic (exact) mass is 374 g/mol. The summed E-state index contributed by atoms with van der Waals surface area (Å²) in [7, 11) is 1.45. The largest absolute Gasteiger partial charge is 0.495 e. The smallest absolute Gasteiger partial charge is 0.335 e. The average Bonchev–Trinajstić information content (AvgIpc) is 2.65. The van der Waals surface area contributed by atoms with Gasteiger partial charge in [0.15, 0.2) is 5.92 Å². The van der Waals surface area contributed by atoms with Crippen LogP contribution in [0.3, 0.4) is 0 Å². The molecule has 1 aliphatic heterocycles. The number of hydrogen-bond donors (Lipinski definition) is 1. The van der Waals surface area contributed by atoms with Gasteiger partial charge in [-0.2, -0.15) is 0 Å². The second-order valence-corrected chi connectivity index (χ2v) is 6.12. The van der Waals surface area contributed by atoms with E-state index >= 15 is 0 Å². The number of para-hydroxylation sites is 2. The first-order valence-electron chi connectivity index (χ1n) is 8.99. The normalized spacial score (nSPS) is 18.1. The Kier molecular flexibility index (Phi) is 7.06. The van der Waals surface area contributed by atoms with Gasteiger partial charge < -0.3 is 9.64 Å². The van der Waals surface area contributed by atoms with Crippen molar-refractivity contribution in [2.45, 2.75) is 20.8 Å². The first-order valence-corrected chi connectivity index (χ1v) is 8.99. The molecular weight excluding hydrogens is 348 g/mol. The lowest BCUT2D eigenvalue weighted by Gasteiger charge is -2.30. The van der Waals surface area contributed by atoms with E-state index in [0.29, 0.717) is 18.0 Å². The standard InChI is InChI=1S/C19H26N4O4/c1-5-22(6-2)12-11-20-13(3)16-17(24)21-19(26)23(18(16)25)14-9-7-8-10-15(14)27-4/h7-10,16H,5-6,11-12H2,1-4H3,(H,21,24,26). The number of ether oxygens (including phenoxy) is 1. The molecule has 0 aliphatic carbocycles. The summed E-state index contributed by atoms with van der Waals surface area (Å²) in [6.45, 7) is 8.80. The predicted molar refractivity (Wildman–Crippen MR) is 103 cm³/mol. The lowest BCUT2D eigenvalue weighted by atomic mass is 9.99. The summed E-state index contributed by atoms with van der Waals surface area (Å²) in [5.74, 6) is -2.05. The van der Waals surface area contributed by atoms with E-state index in [1.165, 1.54) is 7.11 Å². The minimum absolute atomic E-state index is 0.288. The molecule has 1 aromatic carbocycles. The molecule has 0 radical (unpaired) electrons. The van der Waals surface area contributed by atoms with Crippen molar-refractivity contribution < 1.29 is 19.1 Å². The van der Waals surface area contributed by atoms with Crippen LogP contribution < -0.4 is 15.0 Å². The van der Waals surface area contributed by atoms with Crippen LogP contribution >= 0.6 is 0 Å². The molecule has 1 heterocycles. The highest BCUT2D eigenvalue weighted by Crippen LogP contribution is 2.30. The van der Waals surface area contributed by atoms with Gasteiger partial charge in [0.2, 0.25) is 5.91 Å². The van der Waals surface area contributed by atoms with Gasteiger partial charge in [0.25, 0.3) is 5.91 Å². The Bertz CT molecular complexity index is 743. The van der Waals surface area contributed by atoms with Crippen LogP contribution in [0.2, 0.25) is 0 Å². The van der Waals surface area contributed by atoms with Gasteiger partial charge in [0, 0.05) is 12.3 Å². The number of benzene rings is 1. The number of imide groups is 2. The van der Waals surface area contributed by atoms with Crippen molar-refractivity contribution in [3.05, 3.63) is 24.3 Å². The van der Waals surface area contributed by atoms with Crippen molar-refractivity contribution in [1.82, 2.24) is 10.2 Å². The van der Waals surface area contributed by atoms with Gasteiger partial charge in [-0.3, -0.25) is 19.9 Å². The van der Waals surface area contributed by atoms with E-state index in [1.54, 1.807) is 31.2 Å². The second kappa shape index (κ2) is 9.27. The number of barbiturate groups is 1. The van der Waals surface area contributed by atoms with Crippen molar-refractivity contribution in [2.24, 2.45) is 10.9 Å². The van der Waals surface area contributed by atoms with Crippen molar-refractivity contribution in [3.63, 3.8) is 0 Å². The Labute approximate surface area is 159 Å². The summed E-state index contributed by atoms with van der Waals surface area (Å²) in [4.78, 5) is 45.1. The molecular formula is C19H26N4O4. The summed E-state index contributed by atoms with van der Waals surface area (Å²) in [5, 5.41) is 2.24. The number of nitrogens with zero attached hydrogens (tertiary/aromatic N) is 3. The fraction of sp³-hybridized carbons (Fsp3) is 0.474. The highest BCUT2D eigenvalue weighted by molar-refractivity contribution is 6.35. The number of rotatable bonds is 8. The van der Waals surface area contributed by atoms with Crippen molar-refractivity contribution in [1.29, 1.82) is 0 Å². The molecule has 1 N–H and O–H groups in total. The lowest BCUT2D eigenvalue weighted by molar-refractivity contribution is -0.131. The number of amides is 4. The van der Waals surface area contributed by atoms with E-state index in [1.807, 2.05) is 0 Å². The van der Waals surface area contributed by atoms with Gasteiger partial charge in [-0.1, -0.05) is 26.0 Å². The quantitative estimate of drug-likeness (QED) is 0.552. The van der Waals surface area contributed by atoms with E-state index in [4.69, 9.17) is 4.74 Å². The fourth-order valence-electron chi connectivity index (χ4n) is 2.98. The van der Waals surface area contributed by atoms with Gasteiger partial charge in [0.1, 0.15) is 5.75 Å². The Hall–Kier alpha value is -2.74. The van der Waals surface area contributed by atoms with Crippen LogP contribution in [0.4, 0.5) is 10.5 Å². The summed E-state index contributed by atoms with van der Waals surface area (Å²) in [6.07, 6.45) is 0. The van der Waals surface area contributed by atoms with Crippen LogP contribution in [-0.2, 0) is 9.59 Å². The maximum absolute atomic E-state index is 13.0. The highest BCUT2D eigenvalue weighted by Gasteiger charge is 2.43. The molecule has 146 valence electrons. The minimum atomic E-state index is -1.13. The van der Waals surface area contributed by atoms with Crippen molar-refractivity contribution >= 4 is 29.2 Å². The van der Waals surface area contributed by atoms with Crippen LogP contribution in [0, 0.1) is 5.92 Å². The van der Waals surface area contributed by atoms with Gasteiger partial charge in [0.05, 0.1) is 19.3 Å². The molecule has 1 fully saturated rings. The fourth-order valence-corrected chi connectivity index (χ4v) is 2.98. The molecule has 8 nitrogen and oxygen atoms in total. The third kappa shape index (κ3) is 4.51. The number of nitrogens with one attached hydrogen (secondary N) is 1. The molecule has 0 bridgehead atoms. The summed E-state index contributed by atoms with van der Waals surface area (Å²) < 4.78 is 5.24. The number of likely N-dealkylation sites (N-methyl/N-ethyl adjacent to an activating group) is 1. The number of carbonyl (C=O) groups excluding carboxylic acids is 3. The lowest BCUT2D eigenvalue weighted by Crippen LogP contribution is -2.60. The zero-order valence-corrected chi connectivity index (χ0v) is 16.2. The summed E-state index contributed by atoms with van der Waals surface area (Å²) in [5.41, 5.74) is 0.674. The topological polar surface area (TPSA) is 91.3 Å². The molecule has 2 rings (SSSR count). The second-order valence-electron chi connectivity index (χ2n) is 6.12. The van der Waals surface area contributed by atoms with Gasteiger partial charge in [-0.05, 0) is 32.1 Å². The number of hydrogen-bond acceptors (Lipinski definition) is 6. The maximum Gasteiger partial charge on any atom is 0.335 e. The van der Waals surface area contributed by atoms with Crippen LogP contribution in [0.5, 0.6) is 5.75 Å². The zero-order valence-electron chi connectivity index (χ0n) is 16.2. The Morgan fingerprint density at radius 1 is 1.22 bits per heavy atom. The Morgan fingerprint density at radius 2 is 1.89 bits per heavy atom. The van der Waals surface area contributed by atoms with Gasteiger partial charge in [-0.15, -0.1) is 0 Å². The molecule has 1 unspecified atom stereocenters. The Morgan fingerprint density at radius 3 is 2.52 bits per heavy atom. The molecule has 1 atom stereocenters. The molecule has 0 aromatic heterocycles. The maximum atomic E-state index is 13.0. The van der Waals surface area contributed by atoms with Crippen molar-refractivity contribution in [2.75, 3.05) is 38.2 Å². The van der Waals surface area contributed by atoms with Crippen LogP contribution in [0.1, 0.15) is 20.8 Å². The van der Waals surface area contributed by atoms with E-state index in [9.17, 15) is 14.4 Å². The summed E-state index contributed by atoms with van der Waals surface area (Å²) in [6, 6.07) is 5.87. The molecule has 0 spiro atoms. The first-order chi connectivity index (χ1) is 12.9. The number of methoxy groups -OCH3 is 1. The SMILES string of the molecule is CCN(CC)CCN=C(C)C1C(=O)NC(=O)N(c2ccccc2OC)C1=O. The van der Waals surface area contributed by atoms with Crippen molar-refractivity contribution in [3.8, 4) is 5.75 Å². The van der Waals surface area contributed by atoms with E-state index in [0.717, 1.165) is 24.5 Å². The third-order valence-corrected chi connectivity index (χ3v) is 4.58. The number of anilines is 1. The van der Waals surface area contributed by atoms with E-state index in [-0.39, 0.29) is 5.69 Å². The molecule has 1 saturated heterocycles. The molecule has 4 amide bonds. The van der Waals surface area contributed by atoms with Gasteiger partial charge >= 0.3 is 6.03 Å². The van der Waals surface area contributed by atoms with E-state index in [2.05, 4.69) is 29.1 Å². The average molecular weight is 374 g/mol. The number of urea groups is 1. The minimum Gasteiger partial charge on any atom is -0.495 e. The molecule has 1 aromatic rings. The molecule has 1 aliphatic rings. The first kappa shape index (κ1) is 20.6. The zero-order chi connectivity index (χ0) is 20.0. The predicted octanol–water partition coefficient (Wildman–Crippen LogP) is 1.70. The van der Waals surface area contributed by atoms with Crippen LogP contribution in [0.25, 0.3) is 0 Å². The number of carbonyl (C=O) groups is 3. The Balaban J connectivity index is 2.25.